The normalized spacial score (nSPS) is 20.0. The summed E-state index contributed by atoms with van der Waals surface area (Å²) in [6, 6.07) is 6.04. The molecule has 2 aliphatic rings. The summed E-state index contributed by atoms with van der Waals surface area (Å²) >= 11 is 0. The predicted molar refractivity (Wildman–Crippen MR) is 174 cm³/mol. The van der Waals surface area contributed by atoms with Gasteiger partial charge < -0.3 is 14.9 Å². The SMILES string of the molecule is Cc1cc(F)ccc1-c1cc(N2CC3CS(=O)(=O)CCN3C[C@@H]2CCO)ncc1N(C)C(=O)C(C)(C)c1cc(C(F)(F)F)cc(C(F)(F)F)c1. The van der Waals surface area contributed by atoms with E-state index in [-0.39, 0.29) is 48.5 Å². The number of pyridine rings is 1. The molecule has 8 nitrogen and oxygen atoms in total. The fourth-order valence-electron chi connectivity index (χ4n) is 6.73. The fraction of sp³-hybridized carbons (Fsp3) is 0.471. The number of benzene rings is 2. The van der Waals surface area contributed by atoms with Crippen molar-refractivity contribution in [1.82, 2.24) is 9.88 Å². The number of sulfone groups is 1. The van der Waals surface area contributed by atoms with E-state index in [0.29, 0.717) is 54.2 Å². The highest BCUT2D eigenvalue weighted by molar-refractivity contribution is 7.91. The van der Waals surface area contributed by atoms with E-state index in [1.807, 2.05) is 4.90 Å². The quantitative estimate of drug-likeness (QED) is 0.306. The molecule has 0 spiro atoms. The van der Waals surface area contributed by atoms with Crippen LogP contribution in [-0.4, -0.2) is 86.2 Å². The number of carbonyl (C=O) groups is 1. The Labute approximate surface area is 285 Å². The van der Waals surface area contributed by atoms with Crippen molar-refractivity contribution in [2.45, 2.75) is 57.0 Å². The monoisotopic (exact) mass is 730 g/mol. The zero-order chi connectivity index (χ0) is 37.0. The molecule has 16 heteroatoms. The van der Waals surface area contributed by atoms with Gasteiger partial charge in [0.05, 0.1) is 39.9 Å². The van der Waals surface area contributed by atoms with Gasteiger partial charge in [0.25, 0.3) is 0 Å². The molecule has 1 N–H and O–H groups in total. The smallest absolute Gasteiger partial charge is 0.396 e. The molecule has 50 heavy (non-hydrogen) atoms. The third kappa shape index (κ3) is 7.61. The van der Waals surface area contributed by atoms with Gasteiger partial charge in [-0.05, 0) is 80.3 Å². The van der Waals surface area contributed by atoms with Crippen LogP contribution in [0.2, 0.25) is 0 Å². The van der Waals surface area contributed by atoms with Crippen molar-refractivity contribution in [3.63, 3.8) is 0 Å². The summed E-state index contributed by atoms with van der Waals surface area (Å²) < 4.78 is 121. The summed E-state index contributed by atoms with van der Waals surface area (Å²) in [5, 5.41) is 9.86. The standard InChI is InChI=1S/C34H37F7N4O4S/c1-20-11-24(35)5-6-27(20)28-15-30(45-18-26-19-50(48,49)10-8-44(26)17-25(45)7-9-46)42-16-29(28)43(4)31(47)32(2,3)21-12-22(33(36,37)38)14-23(13-21)34(39,40)41/h5-6,11-16,25-26,46H,7-10,17-19H2,1-4H3/t25-,26?/m0/s1. The molecular weight excluding hydrogens is 693 g/mol. The molecule has 1 amide bonds. The van der Waals surface area contributed by atoms with Gasteiger partial charge in [-0.25, -0.2) is 17.8 Å². The Bertz CT molecular complexity index is 1850. The number of aliphatic hydroxyl groups excluding tert-OH is 1. The van der Waals surface area contributed by atoms with Crippen molar-refractivity contribution in [2.75, 3.05) is 54.6 Å². The van der Waals surface area contributed by atoms with Gasteiger partial charge in [-0.3, -0.25) is 9.69 Å². The third-order valence-corrected chi connectivity index (χ3v) is 11.3. The van der Waals surface area contributed by atoms with Crippen LogP contribution in [0.15, 0.2) is 48.7 Å². The van der Waals surface area contributed by atoms with Crippen molar-refractivity contribution in [1.29, 1.82) is 0 Å². The number of aromatic nitrogens is 1. The summed E-state index contributed by atoms with van der Waals surface area (Å²) in [5.74, 6) is -1.03. The molecule has 0 saturated carbocycles. The molecule has 0 aliphatic carbocycles. The van der Waals surface area contributed by atoms with Gasteiger partial charge in [-0.2, -0.15) is 26.3 Å². The maximum absolute atomic E-state index is 14.2. The highest BCUT2D eigenvalue weighted by atomic mass is 32.2. The number of fused-ring (bicyclic) bond motifs is 1. The first-order valence-corrected chi connectivity index (χ1v) is 17.6. The molecular formula is C34H37F7N4O4S. The summed E-state index contributed by atoms with van der Waals surface area (Å²) in [5.41, 5.74) is -4.08. The Morgan fingerprint density at radius 1 is 0.960 bits per heavy atom. The van der Waals surface area contributed by atoms with Crippen LogP contribution in [-0.2, 0) is 32.4 Å². The number of nitrogens with zero attached hydrogens (tertiary/aromatic N) is 4. The number of aryl methyl sites for hydroxylation is 1. The van der Waals surface area contributed by atoms with Crippen molar-refractivity contribution in [2.24, 2.45) is 0 Å². The van der Waals surface area contributed by atoms with Gasteiger partial charge in [-0.15, -0.1) is 0 Å². The van der Waals surface area contributed by atoms with E-state index < -0.39 is 56.0 Å². The van der Waals surface area contributed by atoms with Crippen molar-refractivity contribution < 1.29 is 49.1 Å². The van der Waals surface area contributed by atoms with Crippen LogP contribution in [0.1, 0.15) is 42.5 Å². The second-order valence-electron chi connectivity index (χ2n) is 13.4. The van der Waals surface area contributed by atoms with Gasteiger partial charge in [0.15, 0.2) is 9.84 Å². The Hall–Kier alpha value is -3.76. The molecule has 2 aliphatic heterocycles. The Morgan fingerprint density at radius 2 is 1.58 bits per heavy atom. The van der Waals surface area contributed by atoms with Crippen LogP contribution in [0.3, 0.4) is 0 Å². The molecule has 272 valence electrons. The lowest BCUT2D eigenvalue weighted by Gasteiger charge is -2.48. The number of piperazine rings is 1. The van der Waals surface area contributed by atoms with Gasteiger partial charge >= 0.3 is 12.4 Å². The van der Waals surface area contributed by atoms with E-state index in [1.165, 1.54) is 45.3 Å². The number of likely N-dealkylation sites (N-methyl/N-ethyl adjacent to an activating group) is 1. The molecule has 1 unspecified atom stereocenters. The molecule has 3 aromatic rings. The first-order valence-electron chi connectivity index (χ1n) is 15.8. The Balaban J connectivity index is 1.60. The van der Waals surface area contributed by atoms with Crippen LogP contribution in [0, 0.1) is 12.7 Å². The molecule has 0 bridgehead atoms. The van der Waals surface area contributed by atoms with Crippen molar-refractivity contribution >= 4 is 27.2 Å². The lowest BCUT2D eigenvalue weighted by molar-refractivity contribution is -0.143. The minimum atomic E-state index is -5.12. The molecule has 2 aromatic carbocycles. The van der Waals surface area contributed by atoms with Crippen molar-refractivity contribution in [3.8, 4) is 11.1 Å². The molecule has 1 aromatic heterocycles. The van der Waals surface area contributed by atoms with Gasteiger partial charge in [0.2, 0.25) is 5.91 Å². The number of aliphatic hydroxyl groups is 1. The molecule has 2 fully saturated rings. The molecule has 2 saturated heterocycles. The molecule has 2 atom stereocenters. The number of hydrogen-bond donors (Lipinski definition) is 1. The van der Waals surface area contributed by atoms with E-state index in [2.05, 4.69) is 9.88 Å². The average Bonchev–Trinajstić information content (AvgIpc) is 3.02. The summed E-state index contributed by atoms with van der Waals surface area (Å²) in [6.07, 6.45) is -8.55. The lowest BCUT2D eigenvalue weighted by Crippen LogP contribution is -2.63. The van der Waals surface area contributed by atoms with Crippen molar-refractivity contribution in [3.05, 3.63) is 76.7 Å². The Morgan fingerprint density at radius 3 is 2.16 bits per heavy atom. The first kappa shape index (κ1) is 37.5. The molecule has 5 rings (SSSR count). The second kappa shape index (κ2) is 13.4. The van der Waals surface area contributed by atoms with Gasteiger partial charge in [0.1, 0.15) is 11.6 Å². The number of hydrogen-bond acceptors (Lipinski definition) is 7. The van der Waals surface area contributed by atoms with E-state index >= 15 is 0 Å². The maximum atomic E-state index is 14.2. The number of alkyl halides is 6. The Kier molecular flexibility index (Phi) is 10.1. The number of anilines is 2. The summed E-state index contributed by atoms with van der Waals surface area (Å²) in [7, 11) is -1.96. The summed E-state index contributed by atoms with van der Waals surface area (Å²) in [4.78, 5) is 23.8. The number of amides is 1. The van der Waals surface area contributed by atoms with Crippen LogP contribution in [0.25, 0.3) is 11.1 Å². The summed E-state index contributed by atoms with van der Waals surface area (Å²) in [6.45, 7) is 5.00. The lowest BCUT2D eigenvalue weighted by atomic mass is 9.81. The third-order valence-electron chi connectivity index (χ3n) is 9.56. The molecule has 3 heterocycles. The highest BCUT2D eigenvalue weighted by Crippen LogP contribution is 2.42. The largest absolute Gasteiger partial charge is 0.416 e. The predicted octanol–water partition coefficient (Wildman–Crippen LogP) is 5.84. The van der Waals surface area contributed by atoms with E-state index in [0.717, 1.165) is 4.90 Å². The number of halogens is 7. The maximum Gasteiger partial charge on any atom is 0.416 e. The van der Waals surface area contributed by atoms with E-state index in [9.17, 15) is 49.1 Å². The second-order valence-corrected chi connectivity index (χ2v) is 15.6. The average molecular weight is 731 g/mol. The zero-order valence-corrected chi connectivity index (χ0v) is 28.6. The highest BCUT2D eigenvalue weighted by Gasteiger charge is 2.42. The van der Waals surface area contributed by atoms with Crippen LogP contribution < -0.4 is 9.80 Å². The van der Waals surface area contributed by atoms with Crippen LogP contribution >= 0.6 is 0 Å². The topological polar surface area (TPSA) is 94.1 Å². The van der Waals surface area contributed by atoms with E-state index in [1.54, 1.807) is 13.0 Å². The van der Waals surface area contributed by atoms with E-state index in [4.69, 9.17) is 0 Å². The van der Waals surface area contributed by atoms with Gasteiger partial charge in [-0.1, -0.05) is 6.07 Å². The first-order chi connectivity index (χ1) is 23.1. The number of carbonyl (C=O) groups excluding carboxylic acids is 1. The number of rotatable bonds is 7. The minimum absolute atomic E-state index is 0.00155. The minimum Gasteiger partial charge on any atom is -0.396 e. The zero-order valence-electron chi connectivity index (χ0n) is 27.7. The molecule has 0 radical (unpaired) electrons. The van der Waals surface area contributed by atoms with Gasteiger partial charge in [0, 0.05) is 50.9 Å². The van der Waals surface area contributed by atoms with Crippen LogP contribution in [0.4, 0.5) is 42.2 Å². The van der Waals surface area contributed by atoms with Crippen LogP contribution in [0.5, 0.6) is 0 Å². The fourth-order valence-corrected chi connectivity index (χ4v) is 8.31.